The third-order valence-corrected chi connectivity index (χ3v) is 7.95. The van der Waals surface area contributed by atoms with Crippen LogP contribution in [-0.2, 0) is 15.8 Å². The summed E-state index contributed by atoms with van der Waals surface area (Å²) in [6.07, 6.45) is -0.290. The number of allylic oxidation sites excluding steroid dienone is 2. The van der Waals surface area contributed by atoms with E-state index in [-0.39, 0.29) is 16.9 Å². The Morgan fingerprint density at radius 1 is 0.780 bits per heavy atom. The number of Topliss-reactive ketones (excluding diaryl/α,β-unsaturated/α-hetero) is 2. The van der Waals surface area contributed by atoms with Crippen LogP contribution in [0.15, 0.2) is 103 Å². The molecule has 6 nitrogen and oxygen atoms in total. The van der Waals surface area contributed by atoms with Gasteiger partial charge >= 0.3 is 6.18 Å². The van der Waals surface area contributed by atoms with Gasteiger partial charge in [-0.15, -0.1) is 0 Å². The molecule has 2 amide bonds. The summed E-state index contributed by atoms with van der Waals surface area (Å²) in [6.45, 7) is 0. The minimum Gasteiger partial charge on any atom is -0.359 e. The van der Waals surface area contributed by atoms with E-state index in [2.05, 4.69) is 0 Å². The van der Waals surface area contributed by atoms with Gasteiger partial charge in [0.2, 0.25) is 11.8 Å². The average molecular weight is 577 g/mol. The molecule has 3 aromatic carbocycles. The lowest BCUT2D eigenvalue weighted by Gasteiger charge is -2.33. The Hall–Kier alpha value is -4.50. The standard InChI is InChI=1S/C31H20ClF3N2O4/c32-20-12-10-18(11-13-20)28(39)26-25-24(23-16-19(14-15-36(23)26)27(38)17-6-2-1-3-7-17)29(40)37(30(25)41)22-9-5-4-8-21(22)31(33,34)35/h1-16,23-26H. The highest BCUT2D eigenvalue weighted by atomic mass is 35.5. The molecule has 3 aromatic rings. The molecule has 10 heteroatoms. The van der Waals surface area contributed by atoms with Crippen LogP contribution in [0.4, 0.5) is 18.9 Å². The van der Waals surface area contributed by atoms with Crippen molar-refractivity contribution in [2.45, 2.75) is 18.3 Å². The molecule has 4 atom stereocenters. The number of hydrogen-bond donors (Lipinski definition) is 0. The van der Waals surface area contributed by atoms with E-state index < -0.39 is 58.9 Å². The molecule has 0 aliphatic carbocycles. The SMILES string of the molecule is O=C(C1=CC2C3C(=O)N(c4ccccc4C(F)(F)F)C(=O)C3C(C(=O)c3ccc(Cl)cc3)N2C=C1)c1ccccc1. The van der Waals surface area contributed by atoms with Crippen LogP contribution < -0.4 is 4.90 Å². The van der Waals surface area contributed by atoms with Crippen LogP contribution >= 0.6 is 11.6 Å². The van der Waals surface area contributed by atoms with Crippen LogP contribution in [0.25, 0.3) is 0 Å². The first-order valence-electron chi connectivity index (χ1n) is 12.7. The first-order valence-corrected chi connectivity index (χ1v) is 13.1. The molecule has 0 spiro atoms. The largest absolute Gasteiger partial charge is 0.418 e. The number of ketones is 2. The van der Waals surface area contributed by atoms with Gasteiger partial charge in [0.1, 0.15) is 6.04 Å². The first kappa shape index (κ1) is 26.7. The predicted octanol–water partition coefficient (Wildman–Crippen LogP) is 5.74. The number of benzene rings is 3. The fraction of sp³-hybridized carbons (Fsp3) is 0.161. The summed E-state index contributed by atoms with van der Waals surface area (Å²) >= 11 is 5.98. The third-order valence-electron chi connectivity index (χ3n) is 7.69. The number of rotatable bonds is 5. The van der Waals surface area contributed by atoms with Gasteiger partial charge in [-0.1, -0.05) is 60.1 Å². The maximum atomic E-state index is 13.9. The third kappa shape index (κ3) is 4.37. The van der Waals surface area contributed by atoms with Crippen molar-refractivity contribution in [3.8, 4) is 0 Å². The van der Waals surface area contributed by atoms with Crippen molar-refractivity contribution in [3.63, 3.8) is 0 Å². The van der Waals surface area contributed by atoms with Crippen LogP contribution in [0.2, 0.25) is 5.02 Å². The molecule has 0 saturated carbocycles. The van der Waals surface area contributed by atoms with E-state index >= 15 is 0 Å². The lowest BCUT2D eigenvalue weighted by atomic mass is 9.85. The molecule has 2 fully saturated rings. The fourth-order valence-electron chi connectivity index (χ4n) is 5.88. The fourth-order valence-corrected chi connectivity index (χ4v) is 6.01. The number of amides is 2. The second-order valence-electron chi connectivity index (χ2n) is 9.97. The van der Waals surface area contributed by atoms with Crippen LogP contribution in [-0.4, -0.2) is 40.4 Å². The van der Waals surface area contributed by atoms with Gasteiger partial charge < -0.3 is 4.90 Å². The van der Waals surface area contributed by atoms with Crippen LogP contribution in [0, 0.1) is 11.8 Å². The van der Waals surface area contributed by atoms with E-state index in [9.17, 15) is 32.3 Å². The van der Waals surface area contributed by atoms with Crippen molar-refractivity contribution in [1.82, 2.24) is 4.90 Å². The quantitative estimate of drug-likeness (QED) is 0.286. The number of hydrogen-bond acceptors (Lipinski definition) is 5. The average Bonchev–Trinajstić information content (AvgIpc) is 3.44. The molecule has 3 aliphatic rings. The number of fused-ring (bicyclic) bond motifs is 3. The number of para-hydroxylation sites is 1. The highest BCUT2D eigenvalue weighted by molar-refractivity contribution is 6.30. The second kappa shape index (κ2) is 9.85. The molecular formula is C31H20ClF3N2O4. The molecule has 6 rings (SSSR count). The topological polar surface area (TPSA) is 74.8 Å². The summed E-state index contributed by atoms with van der Waals surface area (Å²) in [5.41, 5.74) is -0.876. The van der Waals surface area contributed by atoms with Crippen molar-refractivity contribution in [2.24, 2.45) is 11.8 Å². The second-order valence-corrected chi connectivity index (χ2v) is 10.4. The van der Waals surface area contributed by atoms with Gasteiger partial charge in [-0.05, 0) is 42.5 Å². The Kier molecular flexibility index (Phi) is 6.42. The zero-order valence-corrected chi connectivity index (χ0v) is 21.8. The summed E-state index contributed by atoms with van der Waals surface area (Å²) in [5, 5.41) is 0.385. The van der Waals surface area contributed by atoms with Gasteiger partial charge in [0.05, 0.1) is 29.1 Å². The molecule has 3 heterocycles. The molecular weight excluding hydrogens is 557 g/mol. The van der Waals surface area contributed by atoms with Crippen molar-refractivity contribution in [2.75, 3.05) is 4.90 Å². The van der Waals surface area contributed by atoms with Crippen molar-refractivity contribution >= 4 is 40.7 Å². The molecule has 0 N–H and O–H groups in total. The zero-order valence-electron chi connectivity index (χ0n) is 21.1. The molecule has 0 aromatic heterocycles. The number of carbonyl (C=O) groups excluding carboxylic acids is 4. The van der Waals surface area contributed by atoms with Crippen molar-refractivity contribution in [3.05, 3.63) is 125 Å². The lowest BCUT2D eigenvalue weighted by molar-refractivity contribution is -0.137. The van der Waals surface area contributed by atoms with Gasteiger partial charge in [0, 0.05) is 27.9 Å². The van der Waals surface area contributed by atoms with Crippen LogP contribution in [0.3, 0.4) is 0 Å². The highest BCUT2D eigenvalue weighted by Gasteiger charge is 2.64. The van der Waals surface area contributed by atoms with E-state index in [0.717, 1.165) is 12.1 Å². The maximum absolute atomic E-state index is 13.9. The predicted molar refractivity (Wildman–Crippen MR) is 144 cm³/mol. The van der Waals surface area contributed by atoms with Crippen LogP contribution in [0.1, 0.15) is 26.3 Å². The van der Waals surface area contributed by atoms with Crippen molar-refractivity contribution < 1.29 is 32.3 Å². The Balaban J connectivity index is 1.46. The molecule has 0 radical (unpaired) electrons. The Bertz CT molecular complexity index is 1650. The molecule has 2 saturated heterocycles. The number of alkyl halides is 3. The summed E-state index contributed by atoms with van der Waals surface area (Å²) in [7, 11) is 0. The summed E-state index contributed by atoms with van der Waals surface area (Å²) in [4.78, 5) is 56.9. The molecule has 41 heavy (non-hydrogen) atoms. The Morgan fingerprint density at radius 3 is 2.10 bits per heavy atom. The van der Waals surface area contributed by atoms with Gasteiger partial charge in [-0.2, -0.15) is 13.2 Å². The van der Waals surface area contributed by atoms with E-state index in [1.807, 2.05) is 0 Å². The number of nitrogens with zero attached hydrogens (tertiary/aromatic N) is 2. The molecule has 4 unspecified atom stereocenters. The maximum Gasteiger partial charge on any atom is 0.418 e. The summed E-state index contributed by atoms with van der Waals surface area (Å²) < 4.78 is 41.7. The molecule has 3 aliphatic heterocycles. The van der Waals surface area contributed by atoms with E-state index in [4.69, 9.17) is 11.6 Å². The van der Waals surface area contributed by atoms with Crippen molar-refractivity contribution in [1.29, 1.82) is 0 Å². The van der Waals surface area contributed by atoms with Gasteiger partial charge in [0.25, 0.3) is 0 Å². The normalized spacial score (nSPS) is 23.4. The van der Waals surface area contributed by atoms with Gasteiger partial charge in [0.15, 0.2) is 11.6 Å². The van der Waals surface area contributed by atoms with E-state index in [1.54, 1.807) is 35.2 Å². The van der Waals surface area contributed by atoms with Gasteiger partial charge in [-0.3, -0.25) is 19.2 Å². The minimum absolute atomic E-state index is 0.219. The number of anilines is 1. The Morgan fingerprint density at radius 2 is 1.41 bits per heavy atom. The first-order chi connectivity index (χ1) is 19.6. The molecule has 206 valence electrons. The lowest BCUT2D eigenvalue weighted by Crippen LogP contribution is -2.46. The van der Waals surface area contributed by atoms with E-state index in [0.29, 0.717) is 15.5 Å². The monoisotopic (exact) mass is 576 g/mol. The number of imide groups is 1. The number of carbonyl (C=O) groups is 4. The summed E-state index contributed by atoms with van der Waals surface area (Å²) in [6, 6.07) is 16.6. The minimum atomic E-state index is -4.83. The number of halogens is 4. The van der Waals surface area contributed by atoms with Crippen LogP contribution in [0.5, 0.6) is 0 Å². The van der Waals surface area contributed by atoms with E-state index in [1.165, 1.54) is 54.8 Å². The smallest absolute Gasteiger partial charge is 0.359 e. The summed E-state index contributed by atoms with van der Waals surface area (Å²) in [5.74, 6) is -5.09. The highest BCUT2D eigenvalue weighted by Crippen LogP contribution is 2.49. The molecule has 0 bridgehead atoms. The Labute approximate surface area is 237 Å². The van der Waals surface area contributed by atoms with Gasteiger partial charge in [-0.25, -0.2) is 4.90 Å². The zero-order chi connectivity index (χ0) is 29.1.